The van der Waals surface area contributed by atoms with Crippen molar-refractivity contribution in [1.82, 2.24) is 0 Å². The molecule has 76 valence electrons. The number of nitriles is 1. The van der Waals surface area contributed by atoms with E-state index >= 15 is 0 Å². The third-order valence-corrected chi connectivity index (χ3v) is 2.68. The molecule has 0 amide bonds. The van der Waals surface area contributed by atoms with Crippen LogP contribution in [0.4, 0.5) is 0 Å². The first-order valence-electron chi connectivity index (χ1n) is 3.91. The molecule has 15 heavy (non-hydrogen) atoms. The van der Waals surface area contributed by atoms with Gasteiger partial charge in [-0.25, -0.2) is 4.79 Å². The second-order valence-corrected chi connectivity index (χ2v) is 3.40. The lowest BCUT2D eigenvalue weighted by molar-refractivity contribution is 0.0598. The predicted octanol–water partition coefficient (Wildman–Crippen LogP) is 1.92. The Balaban J connectivity index is 3.45. The molecule has 0 aliphatic heterocycles. The van der Waals surface area contributed by atoms with E-state index in [1.54, 1.807) is 0 Å². The number of esters is 1. The summed E-state index contributed by atoms with van der Waals surface area (Å²) < 4.78 is 4.81. The third kappa shape index (κ3) is 2.05. The molecule has 1 aromatic carbocycles. The van der Waals surface area contributed by atoms with E-state index in [2.05, 4.69) is 20.7 Å². The first kappa shape index (κ1) is 11.4. The topological polar surface area (TPSA) is 67.2 Å². The number of halogens is 1. The summed E-state index contributed by atoms with van der Waals surface area (Å²) in [7, 11) is 1.23. The van der Waals surface area contributed by atoms with Crippen molar-refractivity contribution in [1.29, 1.82) is 5.26 Å². The van der Waals surface area contributed by atoms with Crippen molar-refractivity contribution in [2.45, 2.75) is 0 Å². The number of rotatable bonds is 2. The number of benzene rings is 1. The molecule has 0 unspecified atom stereocenters. The zero-order valence-electron chi connectivity index (χ0n) is 7.78. The minimum atomic E-state index is -0.609. The number of hydrogen-bond donors (Lipinski definition) is 0. The Morgan fingerprint density at radius 2 is 2.27 bits per heavy atom. The first-order valence-corrected chi connectivity index (χ1v) is 4.71. The van der Waals surface area contributed by atoms with Crippen LogP contribution in [0.5, 0.6) is 0 Å². The predicted molar refractivity (Wildman–Crippen MR) is 55.6 cm³/mol. The average Bonchev–Trinajstić information content (AvgIpc) is 2.27. The second kappa shape index (κ2) is 4.71. The van der Waals surface area contributed by atoms with E-state index in [0.717, 1.165) is 0 Å². The first-order chi connectivity index (χ1) is 7.15. The molecule has 0 atom stereocenters. The highest BCUT2D eigenvalue weighted by molar-refractivity contribution is 9.10. The highest BCUT2D eigenvalue weighted by Crippen LogP contribution is 2.23. The number of methoxy groups -OCH3 is 1. The molecule has 4 nitrogen and oxygen atoms in total. The van der Waals surface area contributed by atoms with Crippen LogP contribution in [0.25, 0.3) is 0 Å². The minimum Gasteiger partial charge on any atom is -0.465 e. The SMILES string of the molecule is COC(=O)c1ccc(C#N)c(Br)c1C=O. The minimum absolute atomic E-state index is 0.126. The van der Waals surface area contributed by atoms with Crippen LogP contribution in [-0.2, 0) is 4.74 Å². The van der Waals surface area contributed by atoms with Gasteiger partial charge < -0.3 is 4.74 Å². The van der Waals surface area contributed by atoms with Crippen molar-refractivity contribution < 1.29 is 14.3 Å². The molecular formula is C10H6BrNO3. The van der Waals surface area contributed by atoms with Gasteiger partial charge in [-0.1, -0.05) is 0 Å². The van der Waals surface area contributed by atoms with E-state index in [4.69, 9.17) is 5.26 Å². The van der Waals surface area contributed by atoms with Crippen molar-refractivity contribution in [3.05, 3.63) is 33.3 Å². The van der Waals surface area contributed by atoms with Gasteiger partial charge in [-0.2, -0.15) is 5.26 Å². The molecule has 0 aromatic heterocycles. The third-order valence-electron chi connectivity index (χ3n) is 1.82. The molecule has 0 heterocycles. The fourth-order valence-corrected chi connectivity index (χ4v) is 1.61. The van der Waals surface area contributed by atoms with Crippen molar-refractivity contribution in [3.63, 3.8) is 0 Å². The number of ether oxygens (including phenoxy) is 1. The van der Waals surface area contributed by atoms with E-state index in [-0.39, 0.29) is 11.1 Å². The fourth-order valence-electron chi connectivity index (χ4n) is 1.08. The summed E-state index contributed by atoms with van der Waals surface area (Å²) in [5.74, 6) is -0.609. The van der Waals surface area contributed by atoms with Crippen molar-refractivity contribution >= 4 is 28.2 Å². The molecule has 0 radical (unpaired) electrons. The molecule has 0 fully saturated rings. The summed E-state index contributed by atoms with van der Waals surface area (Å²) in [6, 6.07) is 4.73. The van der Waals surface area contributed by atoms with E-state index in [1.165, 1.54) is 19.2 Å². The van der Waals surface area contributed by atoms with Crippen LogP contribution in [0.15, 0.2) is 16.6 Å². The molecule has 0 aliphatic carbocycles. The molecule has 0 saturated heterocycles. The Morgan fingerprint density at radius 1 is 1.60 bits per heavy atom. The maximum absolute atomic E-state index is 11.3. The van der Waals surface area contributed by atoms with Crippen LogP contribution in [0.1, 0.15) is 26.3 Å². The van der Waals surface area contributed by atoms with Gasteiger partial charge in [-0.05, 0) is 28.1 Å². The van der Waals surface area contributed by atoms with Gasteiger partial charge in [0.1, 0.15) is 6.07 Å². The Kier molecular flexibility index (Phi) is 3.58. The fraction of sp³-hybridized carbons (Fsp3) is 0.100. The van der Waals surface area contributed by atoms with Gasteiger partial charge in [0, 0.05) is 10.0 Å². The van der Waals surface area contributed by atoms with E-state index in [0.29, 0.717) is 16.3 Å². The summed E-state index contributed by atoms with van der Waals surface area (Å²) in [4.78, 5) is 22.0. The van der Waals surface area contributed by atoms with Gasteiger partial charge in [0.2, 0.25) is 0 Å². The lowest BCUT2D eigenvalue weighted by atomic mass is 10.1. The lowest BCUT2D eigenvalue weighted by Crippen LogP contribution is -2.06. The van der Waals surface area contributed by atoms with Crippen LogP contribution >= 0.6 is 15.9 Å². The molecule has 0 aliphatic rings. The molecule has 0 bridgehead atoms. The maximum Gasteiger partial charge on any atom is 0.338 e. The van der Waals surface area contributed by atoms with Gasteiger partial charge in [-0.3, -0.25) is 4.79 Å². The van der Waals surface area contributed by atoms with E-state index < -0.39 is 5.97 Å². The number of nitrogens with zero attached hydrogens (tertiary/aromatic N) is 1. The highest BCUT2D eigenvalue weighted by atomic mass is 79.9. The number of carbonyl (C=O) groups is 2. The molecule has 0 saturated carbocycles. The largest absolute Gasteiger partial charge is 0.465 e. The van der Waals surface area contributed by atoms with Gasteiger partial charge in [-0.15, -0.1) is 0 Å². The van der Waals surface area contributed by atoms with Gasteiger partial charge in [0.05, 0.1) is 18.2 Å². The summed E-state index contributed by atoms with van der Waals surface area (Å²) >= 11 is 3.09. The molecule has 1 aromatic rings. The zero-order chi connectivity index (χ0) is 11.4. The smallest absolute Gasteiger partial charge is 0.338 e. The quantitative estimate of drug-likeness (QED) is 0.607. The monoisotopic (exact) mass is 267 g/mol. The van der Waals surface area contributed by atoms with Crippen LogP contribution < -0.4 is 0 Å². The Labute approximate surface area is 94.6 Å². The van der Waals surface area contributed by atoms with Crippen molar-refractivity contribution in [2.24, 2.45) is 0 Å². The summed E-state index contributed by atoms with van der Waals surface area (Å²) in [5.41, 5.74) is 0.559. The maximum atomic E-state index is 11.3. The van der Waals surface area contributed by atoms with Crippen LogP contribution in [0.2, 0.25) is 0 Å². The molecule has 1 rings (SSSR count). The van der Waals surface area contributed by atoms with E-state index in [1.807, 2.05) is 6.07 Å². The normalized spacial score (nSPS) is 9.13. The van der Waals surface area contributed by atoms with Crippen molar-refractivity contribution in [2.75, 3.05) is 7.11 Å². The number of carbonyl (C=O) groups excluding carboxylic acids is 2. The standard InChI is InChI=1S/C10H6BrNO3/c1-15-10(14)7-3-2-6(4-12)9(11)8(7)5-13/h2-3,5H,1H3. The molecule has 0 N–H and O–H groups in total. The Morgan fingerprint density at radius 3 is 2.73 bits per heavy atom. The number of hydrogen-bond acceptors (Lipinski definition) is 4. The van der Waals surface area contributed by atoms with Gasteiger partial charge in [0.25, 0.3) is 0 Å². The second-order valence-electron chi connectivity index (χ2n) is 2.61. The van der Waals surface area contributed by atoms with Gasteiger partial charge in [0.15, 0.2) is 6.29 Å². The zero-order valence-corrected chi connectivity index (χ0v) is 9.37. The Hall–Kier alpha value is -1.67. The van der Waals surface area contributed by atoms with Crippen LogP contribution in [-0.4, -0.2) is 19.4 Å². The lowest BCUT2D eigenvalue weighted by Gasteiger charge is -2.05. The molecule has 0 spiro atoms. The molecular weight excluding hydrogens is 262 g/mol. The van der Waals surface area contributed by atoms with Crippen LogP contribution in [0.3, 0.4) is 0 Å². The Bertz CT molecular complexity index is 462. The summed E-state index contributed by atoms with van der Waals surface area (Å²) in [5, 5.41) is 8.71. The van der Waals surface area contributed by atoms with Gasteiger partial charge >= 0.3 is 5.97 Å². The summed E-state index contributed by atoms with van der Waals surface area (Å²) in [6.45, 7) is 0. The number of aldehydes is 1. The summed E-state index contributed by atoms with van der Waals surface area (Å²) in [6.07, 6.45) is 0.511. The molecule has 5 heteroatoms. The average molecular weight is 268 g/mol. The van der Waals surface area contributed by atoms with Crippen molar-refractivity contribution in [3.8, 4) is 6.07 Å². The highest BCUT2D eigenvalue weighted by Gasteiger charge is 2.16. The van der Waals surface area contributed by atoms with E-state index in [9.17, 15) is 9.59 Å². The van der Waals surface area contributed by atoms with Crippen LogP contribution in [0, 0.1) is 11.3 Å².